The van der Waals surface area contributed by atoms with E-state index in [1.165, 1.54) is 0 Å². The van der Waals surface area contributed by atoms with Crippen molar-refractivity contribution in [1.82, 2.24) is 10.0 Å². The van der Waals surface area contributed by atoms with Crippen LogP contribution in [-0.2, 0) is 21.3 Å². The molecule has 5 nitrogen and oxygen atoms in total. The Kier molecular flexibility index (Phi) is 7.11. The number of hydrogen-bond acceptors (Lipinski definition) is 4. The van der Waals surface area contributed by atoms with Gasteiger partial charge < -0.3 is 10.1 Å². The van der Waals surface area contributed by atoms with Gasteiger partial charge in [0.25, 0.3) is 0 Å². The Morgan fingerprint density at radius 3 is 2.65 bits per heavy atom. The Morgan fingerprint density at radius 1 is 1.35 bits per heavy atom. The van der Waals surface area contributed by atoms with Crippen LogP contribution < -0.4 is 10.0 Å². The standard InChI is InChI=1S/C13H21BrN2O3S/c1-10(2)19-7-6-16-20(17,18)13-8-11(9-15-3)4-5-12(13)14/h4-5,8,10,15-16H,6-7,9H2,1-3H3. The molecule has 2 N–H and O–H groups in total. The molecule has 0 aliphatic carbocycles. The average molecular weight is 365 g/mol. The summed E-state index contributed by atoms with van der Waals surface area (Å²) in [4.78, 5) is 0.245. The Balaban J connectivity index is 2.78. The monoisotopic (exact) mass is 364 g/mol. The van der Waals surface area contributed by atoms with E-state index in [0.29, 0.717) is 17.6 Å². The van der Waals surface area contributed by atoms with E-state index in [0.717, 1.165) is 5.56 Å². The number of sulfonamides is 1. The van der Waals surface area contributed by atoms with Gasteiger partial charge in [-0.2, -0.15) is 0 Å². The minimum absolute atomic E-state index is 0.0881. The SMILES string of the molecule is CNCc1ccc(Br)c(S(=O)(=O)NCCOC(C)C)c1. The molecule has 0 bridgehead atoms. The van der Waals surface area contributed by atoms with Crippen LogP contribution in [0.3, 0.4) is 0 Å². The van der Waals surface area contributed by atoms with Crippen LogP contribution in [0.2, 0.25) is 0 Å². The fourth-order valence-electron chi connectivity index (χ4n) is 1.62. The number of halogens is 1. The summed E-state index contributed by atoms with van der Waals surface area (Å²) in [5.41, 5.74) is 0.912. The third-order valence-electron chi connectivity index (χ3n) is 2.51. The van der Waals surface area contributed by atoms with Gasteiger partial charge in [-0.1, -0.05) is 6.07 Å². The molecule has 1 aromatic carbocycles. The van der Waals surface area contributed by atoms with Gasteiger partial charge in [0.1, 0.15) is 0 Å². The first-order chi connectivity index (χ1) is 9.36. The quantitative estimate of drug-likeness (QED) is 0.691. The summed E-state index contributed by atoms with van der Waals surface area (Å²) in [7, 11) is -1.72. The van der Waals surface area contributed by atoms with Gasteiger partial charge in [-0.25, -0.2) is 13.1 Å². The number of ether oxygens (including phenoxy) is 1. The number of rotatable bonds is 8. The minimum atomic E-state index is -3.53. The summed E-state index contributed by atoms with van der Waals surface area (Å²) in [5.74, 6) is 0. The van der Waals surface area contributed by atoms with E-state index in [1.54, 1.807) is 12.1 Å². The molecule has 0 saturated carbocycles. The molecule has 0 aliphatic rings. The summed E-state index contributed by atoms with van der Waals surface area (Å²) in [6.45, 7) is 5.04. The van der Waals surface area contributed by atoms with Crippen molar-refractivity contribution >= 4 is 26.0 Å². The van der Waals surface area contributed by atoms with Crippen LogP contribution in [0.15, 0.2) is 27.6 Å². The molecule has 1 aromatic rings. The first-order valence-electron chi connectivity index (χ1n) is 6.41. The number of benzene rings is 1. The first kappa shape index (κ1) is 17.6. The second-order valence-electron chi connectivity index (χ2n) is 4.61. The molecule has 114 valence electrons. The highest BCUT2D eigenvalue weighted by Gasteiger charge is 2.17. The number of nitrogens with one attached hydrogen (secondary N) is 2. The van der Waals surface area contributed by atoms with Gasteiger partial charge in [0.15, 0.2) is 0 Å². The molecular formula is C13H21BrN2O3S. The van der Waals surface area contributed by atoms with Crippen molar-refractivity contribution in [3.8, 4) is 0 Å². The summed E-state index contributed by atoms with van der Waals surface area (Å²) in [6.07, 6.45) is 0.0881. The lowest BCUT2D eigenvalue weighted by atomic mass is 10.2. The molecule has 0 heterocycles. The predicted octanol–water partition coefficient (Wildman–Crippen LogP) is 1.87. The molecule has 20 heavy (non-hydrogen) atoms. The maximum atomic E-state index is 12.2. The van der Waals surface area contributed by atoms with Crippen molar-refractivity contribution in [2.45, 2.75) is 31.4 Å². The molecule has 7 heteroatoms. The maximum Gasteiger partial charge on any atom is 0.241 e. The van der Waals surface area contributed by atoms with Gasteiger partial charge in [0.05, 0.1) is 17.6 Å². The molecular weight excluding hydrogens is 344 g/mol. The van der Waals surface area contributed by atoms with E-state index >= 15 is 0 Å². The van der Waals surface area contributed by atoms with E-state index < -0.39 is 10.0 Å². The Morgan fingerprint density at radius 2 is 2.05 bits per heavy atom. The zero-order valence-electron chi connectivity index (χ0n) is 11.9. The zero-order valence-corrected chi connectivity index (χ0v) is 14.3. The van der Waals surface area contributed by atoms with Crippen molar-refractivity contribution < 1.29 is 13.2 Å². The van der Waals surface area contributed by atoms with Crippen molar-refractivity contribution in [3.63, 3.8) is 0 Å². The molecule has 0 fully saturated rings. The molecule has 0 aliphatic heterocycles. The Bertz CT molecular complexity index is 532. The van der Waals surface area contributed by atoms with E-state index in [2.05, 4.69) is 26.0 Å². The lowest BCUT2D eigenvalue weighted by molar-refractivity contribution is 0.0834. The maximum absolute atomic E-state index is 12.2. The third-order valence-corrected chi connectivity index (χ3v) is 4.97. The highest BCUT2D eigenvalue weighted by atomic mass is 79.9. The van der Waals surface area contributed by atoms with Gasteiger partial charge in [-0.15, -0.1) is 0 Å². The van der Waals surface area contributed by atoms with E-state index in [9.17, 15) is 8.42 Å². The number of hydrogen-bond donors (Lipinski definition) is 2. The Labute approximate surface area is 129 Å². The predicted molar refractivity (Wildman–Crippen MR) is 83.2 cm³/mol. The third kappa shape index (κ3) is 5.49. The van der Waals surface area contributed by atoms with Crippen molar-refractivity contribution in [3.05, 3.63) is 28.2 Å². The lowest BCUT2D eigenvalue weighted by Crippen LogP contribution is -2.28. The van der Waals surface area contributed by atoms with Crippen LogP contribution in [-0.4, -0.2) is 34.7 Å². The second kappa shape index (κ2) is 8.09. The van der Waals surface area contributed by atoms with Crippen LogP contribution in [0.4, 0.5) is 0 Å². The molecule has 0 saturated heterocycles. The fraction of sp³-hybridized carbons (Fsp3) is 0.538. The Hall–Kier alpha value is -0.470. The molecule has 0 radical (unpaired) electrons. The van der Waals surface area contributed by atoms with Crippen LogP contribution in [0.25, 0.3) is 0 Å². The van der Waals surface area contributed by atoms with E-state index in [1.807, 2.05) is 27.0 Å². The van der Waals surface area contributed by atoms with Crippen LogP contribution in [0.5, 0.6) is 0 Å². The largest absolute Gasteiger partial charge is 0.377 e. The van der Waals surface area contributed by atoms with Gasteiger partial charge in [0, 0.05) is 17.6 Å². The smallest absolute Gasteiger partial charge is 0.241 e. The van der Waals surface area contributed by atoms with Crippen LogP contribution >= 0.6 is 15.9 Å². The first-order valence-corrected chi connectivity index (χ1v) is 8.68. The van der Waals surface area contributed by atoms with Gasteiger partial charge in [-0.3, -0.25) is 0 Å². The zero-order chi connectivity index (χ0) is 15.2. The highest BCUT2D eigenvalue weighted by molar-refractivity contribution is 9.10. The summed E-state index contributed by atoms with van der Waals surface area (Å²) in [6, 6.07) is 5.28. The van der Waals surface area contributed by atoms with E-state index in [4.69, 9.17) is 4.74 Å². The van der Waals surface area contributed by atoms with Crippen molar-refractivity contribution in [1.29, 1.82) is 0 Å². The average Bonchev–Trinajstić information content (AvgIpc) is 2.37. The molecule has 0 atom stereocenters. The molecule has 0 spiro atoms. The van der Waals surface area contributed by atoms with Gasteiger partial charge in [0.2, 0.25) is 10.0 Å². The summed E-state index contributed by atoms with van der Waals surface area (Å²) >= 11 is 3.28. The molecule has 0 amide bonds. The summed E-state index contributed by atoms with van der Waals surface area (Å²) in [5, 5.41) is 3.00. The highest BCUT2D eigenvalue weighted by Crippen LogP contribution is 2.23. The van der Waals surface area contributed by atoms with Gasteiger partial charge >= 0.3 is 0 Å². The van der Waals surface area contributed by atoms with Crippen LogP contribution in [0, 0.1) is 0 Å². The topological polar surface area (TPSA) is 67.4 Å². The second-order valence-corrected chi connectivity index (χ2v) is 7.20. The van der Waals surface area contributed by atoms with Crippen LogP contribution in [0.1, 0.15) is 19.4 Å². The minimum Gasteiger partial charge on any atom is -0.377 e. The van der Waals surface area contributed by atoms with Crippen molar-refractivity contribution in [2.75, 3.05) is 20.2 Å². The molecule has 0 aromatic heterocycles. The summed E-state index contributed by atoms with van der Waals surface area (Å²) < 4.78 is 32.9. The lowest BCUT2D eigenvalue weighted by Gasteiger charge is -2.11. The van der Waals surface area contributed by atoms with Crippen molar-refractivity contribution in [2.24, 2.45) is 0 Å². The normalized spacial score (nSPS) is 12.1. The molecule has 0 unspecified atom stereocenters. The van der Waals surface area contributed by atoms with Gasteiger partial charge in [-0.05, 0) is 54.5 Å². The fourth-order valence-corrected chi connectivity index (χ4v) is 3.64. The van der Waals surface area contributed by atoms with E-state index in [-0.39, 0.29) is 17.5 Å². The molecule has 1 rings (SSSR count).